The zero-order valence-electron chi connectivity index (χ0n) is 17.8. The number of nitrogens with zero attached hydrogens (tertiary/aromatic N) is 2. The fraction of sp³-hybridized carbons (Fsp3) is 0.200. The molecule has 32 heavy (non-hydrogen) atoms. The van der Waals surface area contributed by atoms with Crippen LogP contribution in [0.1, 0.15) is 16.9 Å². The molecule has 0 fully saturated rings. The van der Waals surface area contributed by atoms with E-state index in [1.165, 1.54) is 28.9 Å². The maximum Gasteiger partial charge on any atom is 0.282 e. The van der Waals surface area contributed by atoms with Crippen LogP contribution >= 0.6 is 11.3 Å². The molecule has 0 radical (unpaired) electrons. The van der Waals surface area contributed by atoms with Gasteiger partial charge in [0.2, 0.25) is 0 Å². The topological polar surface area (TPSA) is 59.1 Å². The van der Waals surface area contributed by atoms with Crippen LogP contribution in [-0.4, -0.2) is 32.6 Å². The van der Waals surface area contributed by atoms with E-state index in [0.29, 0.717) is 35.0 Å². The Bertz CT molecular complexity index is 1230. The fourth-order valence-corrected chi connectivity index (χ4v) is 5.14. The number of fused-ring (bicyclic) bond motifs is 1. The summed E-state index contributed by atoms with van der Waals surface area (Å²) < 4.78 is 10.7. The van der Waals surface area contributed by atoms with Crippen LogP contribution in [0.3, 0.4) is 0 Å². The normalized spacial score (nSPS) is 15.9. The van der Waals surface area contributed by atoms with Crippen molar-refractivity contribution in [3.05, 3.63) is 76.1 Å². The molecule has 0 N–H and O–H groups in total. The molecule has 6 nitrogen and oxygen atoms in total. The van der Waals surface area contributed by atoms with Crippen molar-refractivity contribution in [3.63, 3.8) is 0 Å². The summed E-state index contributed by atoms with van der Waals surface area (Å²) in [5, 5.41) is 1.92. The molecule has 0 aliphatic carbocycles. The highest BCUT2D eigenvalue weighted by atomic mass is 32.1. The lowest BCUT2D eigenvalue weighted by atomic mass is 10.00. The first kappa shape index (κ1) is 20.3. The van der Waals surface area contributed by atoms with Crippen LogP contribution in [-0.2, 0) is 16.0 Å². The minimum atomic E-state index is -0.331. The molecular formula is C25H22N2O4S. The lowest BCUT2D eigenvalue weighted by Crippen LogP contribution is -2.37. The first-order valence-corrected chi connectivity index (χ1v) is 11.3. The van der Waals surface area contributed by atoms with E-state index in [-0.39, 0.29) is 11.8 Å². The zero-order chi connectivity index (χ0) is 22.2. The quantitative estimate of drug-likeness (QED) is 0.540. The summed E-state index contributed by atoms with van der Waals surface area (Å²) in [6.45, 7) is 0.681. The fourth-order valence-electron chi connectivity index (χ4n) is 4.38. The van der Waals surface area contributed by atoms with Gasteiger partial charge in [0.05, 0.1) is 25.5 Å². The van der Waals surface area contributed by atoms with Crippen LogP contribution in [0, 0.1) is 0 Å². The lowest BCUT2D eigenvalue weighted by molar-refractivity contribution is -0.120. The SMILES string of the molecule is COc1ccc(N2C(=O)C(c3cccs3)=C(N3CCCc4ccccc43)C2=O)cc1OC. The maximum absolute atomic E-state index is 13.8. The number of para-hydroxylation sites is 1. The second-order valence-corrected chi connectivity index (χ2v) is 8.52. The molecule has 0 saturated carbocycles. The van der Waals surface area contributed by atoms with Crippen molar-refractivity contribution >= 4 is 40.1 Å². The number of anilines is 2. The molecule has 3 heterocycles. The Labute approximate surface area is 190 Å². The summed E-state index contributed by atoms with van der Waals surface area (Å²) in [6, 6.07) is 16.9. The Kier molecular flexibility index (Phi) is 5.19. The Morgan fingerprint density at radius 2 is 1.72 bits per heavy atom. The van der Waals surface area contributed by atoms with Crippen molar-refractivity contribution in [2.45, 2.75) is 12.8 Å². The molecule has 0 atom stereocenters. The van der Waals surface area contributed by atoms with Gasteiger partial charge in [0.1, 0.15) is 5.70 Å². The summed E-state index contributed by atoms with van der Waals surface area (Å²) in [5.74, 6) is 0.331. The minimum Gasteiger partial charge on any atom is -0.493 e. The molecule has 162 valence electrons. The second-order valence-electron chi connectivity index (χ2n) is 7.57. The van der Waals surface area contributed by atoms with Gasteiger partial charge in [0, 0.05) is 23.2 Å². The van der Waals surface area contributed by atoms with Crippen LogP contribution in [0.15, 0.2) is 65.7 Å². The zero-order valence-corrected chi connectivity index (χ0v) is 18.6. The van der Waals surface area contributed by atoms with E-state index in [9.17, 15) is 9.59 Å². The third-order valence-electron chi connectivity index (χ3n) is 5.83. The molecule has 2 aromatic carbocycles. The van der Waals surface area contributed by atoms with Gasteiger partial charge >= 0.3 is 0 Å². The number of amides is 2. The Morgan fingerprint density at radius 1 is 0.906 bits per heavy atom. The largest absolute Gasteiger partial charge is 0.493 e. The van der Waals surface area contributed by atoms with E-state index >= 15 is 0 Å². The summed E-state index contributed by atoms with van der Waals surface area (Å²) in [6.07, 6.45) is 1.87. The van der Waals surface area contributed by atoms with Gasteiger partial charge in [-0.2, -0.15) is 0 Å². The number of rotatable bonds is 5. The standard InChI is InChI=1S/C25H22N2O4S/c1-30-19-12-11-17(15-20(19)31-2)27-24(28)22(21-10-6-14-32-21)23(25(27)29)26-13-5-8-16-7-3-4-9-18(16)26/h3-4,6-7,9-12,14-15H,5,8,13H2,1-2H3. The third kappa shape index (κ3) is 3.17. The molecule has 1 aromatic heterocycles. The number of aryl methyl sites for hydroxylation is 1. The van der Waals surface area contributed by atoms with Crippen molar-refractivity contribution in [2.75, 3.05) is 30.6 Å². The van der Waals surface area contributed by atoms with E-state index < -0.39 is 0 Å². The van der Waals surface area contributed by atoms with Gasteiger partial charge in [-0.25, -0.2) is 4.90 Å². The highest BCUT2D eigenvalue weighted by molar-refractivity contribution is 7.11. The predicted octanol–water partition coefficient (Wildman–Crippen LogP) is 4.50. The Balaban J connectivity index is 1.65. The van der Waals surface area contributed by atoms with E-state index in [2.05, 4.69) is 6.07 Å². The number of thiophene rings is 1. The molecule has 0 spiro atoms. The average molecular weight is 447 g/mol. The number of hydrogen-bond donors (Lipinski definition) is 0. The van der Waals surface area contributed by atoms with Crippen molar-refractivity contribution in [1.29, 1.82) is 0 Å². The van der Waals surface area contributed by atoms with E-state index in [0.717, 1.165) is 23.4 Å². The molecule has 0 saturated heterocycles. The summed E-state index contributed by atoms with van der Waals surface area (Å²) in [5.41, 5.74) is 3.49. The highest BCUT2D eigenvalue weighted by Crippen LogP contribution is 2.42. The average Bonchev–Trinajstić information content (AvgIpc) is 3.44. The smallest absolute Gasteiger partial charge is 0.282 e. The van der Waals surface area contributed by atoms with E-state index in [1.807, 2.05) is 40.6 Å². The van der Waals surface area contributed by atoms with Crippen LogP contribution < -0.4 is 19.3 Å². The molecule has 7 heteroatoms. The molecule has 2 aliphatic heterocycles. The Hall–Kier alpha value is -3.58. The van der Waals surface area contributed by atoms with Crippen LogP contribution in [0.2, 0.25) is 0 Å². The summed E-state index contributed by atoms with van der Waals surface area (Å²) >= 11 is 1.46. The number of carbonyl (C=O) groups is 2. The molecule has 0 bridgehead atoms. The molecule has 5 rings (SSSR count). The number of hydrogen-bond acceptors (Lipinski definition) is 6. The van der Waals surface area contributed by atoms with Crippen molar-refractivity contribution in [3.8, 4) is 11.5 Å². The van der Waals surface area contributed by atoms with Crippen LogP contribution in [0.5, 0.6) is 11.5 Å². The van der Waals surface area contributed by atoms with Gasteiger partial charge in [-0.1, -0.05) is 24.3 Å². The van der Waals surface area contributed by atoms with Gasteiger partial charge < -0.3 is 14.4 Å². The molecule has 0 unspecified atom stereocenters. The molecular weight excluding hydrogens is 424 g/mol. The second kappa shape index (κ2) is 8.16. The van der Waals surface area contributed by atoms with Crippen LogP contribution in [0.4, 0.5) is 11.4 Å². The van der Waals surface area contributed by atoms with Gasteiger partial charge in [-0.05, 0) is 48.1 Å². The number of carbonyl (C=O) groups excluding carboxylic acids is 2. The van der Waals surface area contributed by atoms with Crippen molar-refractivity contribution < 1.29 is 19.1 Å². The molecule has 2 amide bonds. The van der Waals surface area contributed by atoms with Gasteiger partial charge in [-0.15, -0.1) is 11.3 Å². The van der Waals surface area contributed by atoms with Gasteiger partial charge in [0.15, 0.2) is 11.5 Å². The first-order chi connectivity index (χ1) is 15.6. The maximum atomic E-state index is 13.8. The minimum absolute atomic E-state index is 0.331. The number of methoxy groups -OCH3 is 2. The van der Waals surface area contributed by atoms with Gasteiger partial charge in [-0.3, -0.25) is 9.59 Å². The monoisotopic (exact) mass is 446 g/mol. The third-order valence-corrected chi connectivity index (χ3v) is 6.72. The summed E-state index contributed by atoms with van der Waals surface area (Å²) in [4.78, 5) is 31.5. The van der Waals surface area contributed by atoms with Crippen molar-refractivity contribution in [2.24, 2.45) is 0 Å². The van der Waals surface area contributed by atoms with Crippen LogP contribution in [0.25, 0.3) is 5.57 Å². The summed E-state index contributed by atoms with van der Waals surface area (Å²) in [7, 11) is 3.08. The Morgan fingerprint density at radius 3 is 2.47 bits per heavy atom. The van der Waals surface area contributed by atoms with Crippen molar-refractivity contribution in [1.82, 2.24) is 0 Å². The first-order valence-electron chi connectivity index (χ1n) is 10.4. The van der Waals surface area contributed by atoms with E-state index in [4.69, 9.17) is 9.47 Å². The highest BCUT2D eigenvalue weighted by Gasteiger charge is 2.44. The number of benzene rings is 2. The molecule has 2 aliphatic rings. The molecule has 3 aromatic rings. The van der Waals surface area contributed by atoms with Gasteiger partial charge in [0.25, 0.3) is 11.8 Å². The predicted molar refractivity (Wildman–Crippen MR) is 125 cm³/mol. The van der Waals surface area contributed by atoms with E-state index in [1.54, 1.807) is 25.3 Å². The lowest BCUT2D eigenvalue weighted by Gasteiger charge is -2.32. The number of ether oxygens (including phenoxy) is 2. The number of imide groups is 1.